The van der Waals surface area contributed by atoms with Crippen LogP contribution in [0.4, 0.5) is 0 Å². The number of ether oxygens (including phenoxy) is 2. The summed E-state index contributed by atoms with van der Waals surface area (Å²) in [5.41, 5.74) is 5.68. The molecule has 0 aromatic carbocycles. The van der Waals surface area contributed by atoms with Gasteiger partial charge in [-0.05, 0) is 12.8 Å². The lowest BCUT2D eigenvalue weighted by Crippen LogP contribution is -2.44. The molecule has 5 heteroatoms. The maximum atomic E-state index is 11.1. The summed E-state index contributed by atoms with van der Waals surface area (Å²) in [5, 5.41) is 0. The molecular weight excluding hydrogens is 208 g/mol. The van der Waals surface area contributed by atoms with E-state index in [1.54, 1.807) is 0 Å². The van der Waals surface area contributed by atoms with E-state index in [1.807, 2.05) is 0 Å². The standard InChI is InChI=1S/C11H22N2O3/c1-3-9-8-13(6-7-16-9)5-4-10(12)11(14)15-2/h9-10H,3-8,12H2,1-2H3. The van der Waals surface area contributed by atoms with Gasteiger partial charge in [0.25, 0.3) is 0 Å². The molecule has 1 aliphatic rings. The minimum atomic E-state index is -0.507. The van der Waals surface area contributed by atoms with Gasteiger partial charge in [-0.3, -0.25) is 9.69 Å². The fraction of sp³-hybridized carbons (Fsp3) is 0.909. The Morgan fingerprint density at radius 1 is 1.69 bits per heavy atom. The summed E-state index contributed by atoms with van der Waals surface area (Å²) in [6.07, 6.45) is 1.99. The molecule has 1 rings (SSSR count). The fourth-order valence-corrected chi connectivity index (χ4v) is 1.82. The molecule has 2 unspecified atom stereocenters. The van der Waals surface area contributed by atoms with Crippen molar-refractivity contribution in [1.82, 2.24) is 4.90 Å². The van der Waals surface area contributed by atoms with Crippen molar-refractivity contribution in [2.24, 2.45) is 5.73 Å². The maximum Gasteiger partial charge on any atom is 0.322 e. The summed E-state index contributed by atoms with van der Waals surface area (Å²) >= 11 is 0. The van der Waals surface area contributed by atoms with E-state index in [9.17, 15) is 4.79 Å². The molecule has 0 spiro atoms. The van der Waals surface area contributed by atoms with Gasteiger partial charge in [-0.2, -0.15) is 0 Å². The van der Waals surface area contributed by atoms with Crippen LogP contribution in [0, 0.1) is 0 Å². The van der Waals surface area contributed by atoms with Gasteiger partial charge in [-0.1, -0.05) is 6.92 Å². The summed E-state index contributed by atoms with van der Waals surface area (Å²) in [6, 6.07) is -0.507. The fourth-order valence-electron chi connectivity index (χ4n) is 1.82. The first-order chi connectivity index (χ1) is 7.67. The van der Waals surface area contributed by atoms with Gasteiger partial charge in [0, 0.05) is 19.6 Å². The number of hydrogen-bond acceptors (Lipinski definition) is 5. The van der Waals surface area contributed by atoms with Crippen molar-refractivity contribution in [1.29, 1.82) is 0 Å². The Balaban J connectivity index is 2.24. The summed E-state index contributed by atoms with van der Waals surface area (Å²) < 4.78 is 10.2. The van der Waals surface area contributed by atoms with Crippen LogP contribution in [-0.2, 0) is 14.3 Å². The largest absolute Gasteiger partial charge is 0.468 e. The summed E-state index contributed by atoms with van der Waals surface area (Å²) in [4.78, 5) is 13.4. The molecule has 2 atom stereocenters. The molecule has 1 saturated heterocycles. The van der Waals surface area contributed by atoms with E-state index in [1.165, 1.54) is 7.11 Å². The number of carbonyl (C=O) groups is 1. The number of nitrogens with zero attached hydrogens (tertiary/aromatic N) is 1. The first-order valence-electron chi connectivity index (χ1n) is 5.84. The van der Waals surface area contributed by atoms with Gasteiger partial charge in [0.2, 0.25) is 0 Å². The van der Waals surface area contributed by atoms with Crippen LogP contribution in [0.2, 0.25) is 0 Å². The van der Waals surface area contributed by atoms with Crippen LogP contribution < -0.4 is 5.73 Å². The summed E-state index contributed by atoms with van der Waals surface area (Å²) in [7, 11) is 1.37. The SMILES string of the molecule is CCC1CN(CCC(N)C(=O)OC)CCO1. The summed E-state index contributed by atoms with van der Waals surface area (Å²) in [5.74, 6) is -0.333. The molecule has 0 bridgehead atoms. The Hall–Kier alpha value is -0.650. The van der Waals surface area contributed by atoms with Crippen molar-refractivity contribution in [3.63, 3.8) is 0 Å². The number of esters is 1. The second-order valence-electron chi connectivity index (χ2n) is 4.12. The molecule has 5 nitrogen and oxygen atoms in total. The third kappa shape index (κ3) is 4.08. The monoisotopic (exact) mass is 230 g/mol. The van der Waals surface area contributed by atoms with Crippen molar-refractivity contribution in [2.45, 2.75) is 31.9 Å². The Labute approximate surface area is 96.9 Å². The van der Waals surface area contributed by atoms with Gasteiger partial charge in [-0.15, -0.1) is 0 Å². The van der Waals surface area contributed by atoms with E-state index >= 15 is 0 Å². The van der Waals surface area contributed by atoms with Crippen LogP contribution in [0.5, 0.6) is 0 Å². The first kappa shape index (κ1) is 13.4. The Morgan fingerprint density at radius 2 is 2.44 bits per heavy atom. The molecule has 0 radical (unpaired) electrons. The van der Waals surface area contributed by atoms with E-state index in [-0.39, 0.29) is 5.97 Å². The van der Waals surface area contributed by atoms with Gasteiger partial charge in [-0.25, -0.2) is 0 Å². The second-order valence-corrected chi connectivity index (χ2v) is 4.12. The van der Waals surface area contributed by atoms with Gasteiger partial charge < -0.3 is 15.2 Å². The van der Waals surface area contributed by atoms with Crippen molar-refractivity contribution < 1.29 is 14.3 Å². The topological polar surface area (TPSA) is 64.8 Å². The average molecular weight is 230 g/mol. The Morgan fingerprint density at radius 3 is 3.06 bits per heavy atom. The number of carbonyl (C=O) groups excluding carboxylic acids is 1. The molecule has 16 heavy (non-hydrogen) atoms. The minimum Gasteiger partial charge on any atom is -0.468 e. The highest BCUT2D eigenvalue weighted by atomic mass is 16.5. The smallest absolute Gasteiger partial charge is 0.322 e. The molecule has 0 saturated carbocycles. The summed E-state index contributed by atoms with van der Waals surface area (Å²) in [6.45, 7) is 5.57. The molecular formula is C11H22N2O3. The Bertz CT molecular complexity index is 223. The highest BCUT2D eigenvalue weighted by Gasteiger charge is 2.20. The van der Waals surface area contributed by atoms with E-state index < -0.39 is 6.04 Å². The van der Waals surface area contributed by atoms with E-state index in [0.29, 0.717) is 12.5 Å². The quantitative estimate of drug-likeness (QED) is 0.673. The lowest BCUT2D eigenvalue weighted by atomic mass is 10.2. The van der Waals surface area contributed by atoms with Crippen LogP contribution in [0.25, 0.3) is 0 Å². The minimum absolute atomic E-state index is 0.322. The number of rotatable bonds is 5. The lowest BCUT2D eigenvalue weighted by Gasteiger charge is -2.32. The first-order valence-corrected chi connectivity index (χ1v) is 5.84. The van der Waals surface area contributed by atoms with Crippen LogP contribution >= 0.6 is 0 Å². The van der Waals surface area contributed by atoms with Crippen LogP contribution in [0.15, 0.2) is 0 Å². The molecule has 2 N–H and O–H groups in total. The third-order valence-electron chi connectivity index (χ3n) is 2.94. The number of methoxy groups -OCH3 is 1. The number of nitrogens with two attached hydrogens (primary N) is 1. The van der Waals surface area contributed by atoms with E-state index in [4.69, 9.17) is 10.5 Å². The molecule has 0 aliphatic carbocycles. The van der Waals surface area contributed by atoms with Crippen molar-refractivity contribution >= 4 is 5.97 Å². The van der Waals surface area contributed by atoms with Gasteiger partial charge in [0.15, 0.2) is 0 Å². The normalized spacial score (nSPS) is 24.1. The van der Waals surface area contributed by atoms with Crippen molar-refractivity contribution in [2.75, 3.05) is 33.4 Å². The zero-order chi connectivity index (χ0) is 12.0. The second kappa shape index (κ2) is 6.83. The Kier molecular flexibility index (Phi) is 5.73. The number of hydrogen-bond donors (Lipinski definition) is 1. The molecule has 0 aromatic rings. The molecule has 1 fully saturated rings. The van der Waals surface area contributed by atoms with Crippen LogP contribution in [0.1, 0.15) is 19.8 Å². The molecule has 1 heterocycles. The zero-order valence-electron chi connectivity index (χ0n) is 10.1. The van der Waals surface area contributed by atoms with Gasteiger partial charge in [0.1, 0.15) is 6.04 Å². The number of morpholine rings is 1. The predicted molar refractivity (Wildman–Crippen MR) is 61.1 cm³/mol. The van der Waals surface area contributed by atoms with Crippen molar-refractivity contribution in [3.05, 3.63) is 0 Å². The maximum absolute atomic E-state index is 11.1. The predicted octanol–water partition coefficient (Wildman–Crippen LogP) is -0.0124. The van der Waals surface area contributed by atoms with Crippen molar-refractivity contribution in [3.8, 4) is 0 Å². The van der Waals surface area contributed by atoms with Crippen LogP contribution in [0.3, 0.4) is 0 Å². The van der Waals surface area contributed by atoms with E-state index in [0.717, 1.165) is 32.7 Å². The highest BCUT2D eigenvalue weighted by molar-refractivity contribution is 5.75. The zero-order valence-corrected chi connectivity index (χ0v) is 10.1. The third-order valence-corrected chi connectivity index (χ3v) is 2.94. The molecule has 94 valence electrons. The van der Waals surface area contributed by atoms with Gasteiger partial charge >= 0.3 is 5.97 Å². The molecule has 0 amide bonds. The highest BCUT2D eigenvalue weighted by Crippen LogP contribution is 2.08. The molecule has 1 aliphatic heterocycles. The van der Waals surface area contributed by atoms with Gasteiger partial charge in [0.05, 0.1) is 19.8 Å². The van der Waals surface area contributed by atoms with E-state index in [2.05, 4.69) is 16.6 Å². The molecule has 0 aromatic heterocycles. The average Bonchev–Trinajstić information content (AvgIpc) is 2.35. The lowest BCUT2D eigenvalue weighted by molar-refractivity contribution is -0.142. The van der Waals surface area contributed by atoms with Crippen LogP contribution in [-0.4, -0.2) is 56.4 Å².